The first-order chi connectivity index (χ1) is 11.8. The zero-order valence-electron chi connectivity index (χ0n) is 15.0. The summed E-state index contributed by atoms with van der Waals surface area (Å²) in [6.07, 6.45) is 1.57. The van der Waals surface area contributed by atoms with Crippen molar-refractivity contribution < 1.29 is 14.6 Å². The maximum atomic E-state index is 12.1. The molecule has 6 heteroatoms. The molecule has 0 aliphatic carbocycles. The molecule has 0 spiro atoms. The van der Waals surface area contributed by atoms with Gasteiger partial charge in [0.2, 0.25) is 0 Å². The van der Waals surface area contributed by atoms with E-state index < -0.39 is 5.60 Å². The molecule has 134 valence electrons. The molecule has 0 atom stereocenters. The summed E-state index contributed by atoms with van der Waals surface area (Å²) < 4.78 is 5.42. The van der Waals surface area contributed by atoms with E-state index in [1.54, 1.807) is 11.0 Å². The summed E-state index contributed by atoms with van der Waals surface area (Å²) >= 11 is 0. The van der Waals surface area contributed by atoms with Crippen LogP contribution < -0.4 is 0 Å². The van der Waals surface area contributed by atoms with Crippen molar-refractivity contribution in [1.82, 2.24) is 14.8 Å². The van der Waals surface area contributed by atoms with Gasteiger partial charge in [0.15, 0.2) is 0 Å². The fourth-order valence-corrected chi connectivity index (χ4v) is 2.95. The van der Waals surface area contributed by atoms with Crippen molar-refractivity contribution in [3.63, 3.8) is 0 Å². The van der Waals surface area contributed by atoms with Crippen LogP contribution in [0.3, 0.4) is 0 Å². The van der Waals surface area contributed by atoms with Crippen LogP contribution in [0.25, 0.3) is 10.9 Å². The van der Waals surface area contributed by atoms with Gasteiger partial charge in [0, 0.05) is 44.3 Å². The molecule has 2 heterocycles. The van der Waals surface area contributed by atoms with Crippen molar-refractivity contribution in [3.05, 3.63) is 36.0 Å². The van der Waals surface area contributed by atoms with E-state index in [4.69, 9.17) is 4.74 Å². The van der Waals surface area contributed by atoms with Crippen molar-refractivity contribution in [1.29, 1.82) is 0 Å². The van der Waals surface area contributed by atoms with Crippen molar-refractivity contribution in [3.8, 4) is 5.75 Å². The number of hydrogen-bond donors (Lipinski definition) is 1. The Morgan fingerprint density at radius 2 is 1.96 bits per heavy atom. The molecule has 1 aromatic carbocycles. The number of rotatable bonds is 2. The Labute approximate surface area is 148 Å². The number of carbonyl (C=O) groups excluding carboxylic acids is 1. The number of para-hydroxylation sites is 1. The predicted octanol–water partition coefficient (Wildman–Crippen LogP) is 2.99. The Morgan fingerprint density at radius 3 is 2.64 bits per heavy atom. The van der Waals surface area contributed by atoms with Gasteiger partial charge in [0.1, 0.15) is 16.9 Å². The summed E-state index contributed by atoms with van der Waals surface area (Å²) in [5.74, 6) is 0.204. The van der Waals surface area contributed by atoms with Crippen molar-refractivity contribution >= 4 is 17.0 Å². The summed E-state index contributed by atoms with van der Waals surface area (Å²) in [5.41, 5.74) is 1.26. The van der Waals surface area contributed by atoms with Gasteiger partial charge in [-0.1, -0.05) is 12.1 Å². The number of aromatic hydroxyl groups is 1. The molecular formula is C19H25N3O3. The highest BCUT2D eigenvalue weighted by atomic mass is 16.6. The van der Waals surface area contributed by atoms with Gasteiger partial charge in [0.05, 0.1) is 0 Å². The number of piperazine rings is 1. The van der Waals surface area contributed by atoms with Gasteiger partial charge in [-0.05, 0) is 38.5 Å². The summed E-state index contributed by atoms with van der Waals surface area (Å²) in [6, 6.07) is 7.47. The second-order valence-electron chi connectivity index (χ2n) is 7.44. The zero-order valence-corrected chi connectivity index (χ0v) is 15.0. The molecule has 3 rings (SSSR count). The minimum Gasteiger partial charge on any atom is -0.506 e. The molecule has 1 aromatic heterocycles. The van der Waals surface area contributed by atoms with E-state index in [1.165, 1.54) is 0 Å². The van der Waals surface area contributed by atoms with E-state index in [2.05, 4.69) is 16.0 Å². The molecule has 1 aliphatic heterocycles. The maximum Gasteiger partial charge on any atom is 0.410 e. The lowest BCUT2D eigenvalue weighted by Gasteiger charge is -2.35. The molecule has 0 saturated carbocycles. The molecule has 1 amide bonds. The van der Waals surface area contributed by atoms with Gasteiger partial charge in [-0.2, -0.15) is 0 Å². The lowest BCUT2D eigenvalue weighted by Crippen LogP contribution is -2.49. The number of nitrogens with zero attached hydrogens (tertiary/aromatic N) is 3. The van der Waals surface area contributed by atoms with E-state index in [0.29, 0.717) is 18.6 Å². The number of carbonyl (C=O) groups is 1. The number of benzene rings is 1. The van der Waals surface area contributed by atoms with Crippen LogP contribution in [0.4, 0.5) is 4.79 Å². The van der Waals surface area contributed by atoms with Gasteiger partial charge < -0.3 is 14.7 Å². The number of pyridine rings is 1. The molecule has 0 unspecified atom stereocenters. The Balaban J connectivity index is 1.58. The third kappa shape index (κ3) is 4.39. The highest BCUT2D eigenvalue weighted by Crippen LogP contribution is 2.23. The zero-order chi connectivity index (χ0) is 18.0. The summed E-state index contributed by atoms with van der Waals surface area (Å²) in [7, 11) is 0. The SMILES string of the molecule is CC(C)(C)OC(=O)N1CCN(Cc2cnc3c(O)cccc3c2)CC1. The maximum absolute atomic E-state index is 12.1. The summed E-state index contributed by atoms with van der Waals surface area (Å²) in [4.78, 5) is 20.5. The average molecular weight is 343 g/mol. The van der Waals surface area contributed by atoms with Gasteiger partial charge in [-0.15, -0.1) is 0 Å². The Morgan fingerprint density at radius 1 is 1.24 bits per heavy atom. The highest BCUT2D eigenvalue weighted by molar-refractivity contribution is 5.84. The van der Waals surface area contributed by atoms with Crippen molar-refractivity contribution in [2.24, 2.45) is 0 Å². The number of ether oxygens (including phenoxy) is 1. The second-order valence-corrected chi connectivity index (χ2v) is 7.44. The predicted molar refractivity (Wildman–Crippen MR) is 96.5 cm³/mol. The Kier molecular flexibility index (Phi) is 4.81. The molecule has 2 aromatic rings. The fraction of sp³-hybridized carbons (Fsp3) is 0.474. The largest absolute Gasteiger partial charge is 0.506 e. The molecule has 25 heavy (non-hydrogen) atoms. The van der Waals surface area contributed by atoms with Gasteiger partial charge >= 0.3 is 6.09 Å². The monoisotopic (exact) mass is 343 g/mol. The Bertz CT molecular complexity index is 762. The molecule has 0 radical (unpaired) electrons. The van der Waals surface area contributed by atoms with E-state index in [1.807, 2.05) is 39.1 Å². The van der Waals surface area contributed by atoms with E-state index >= 15 is 0 Å². The first-order valence-corrected chi connectivity index (χ1v) is 8.59. The average Bonchev–Trinajstić information content (AvgIpc) is 2.54. The van der Waals surface area contributed by atoms with Crippen molar-refractivity contribution in [2.45, 2.75) is 32.9 Å². The van der Waals surface area contributed by atoms with Crippen LogP contribution in [-0.2, 0) is 11.3 Å². The summed E-state index contributed by atoms with van der Waals surface area (Å²) in [5, 5.41) is 10.8. The first kappa shape index (κ1) is 17.5. The minimum atomic E-state index is -0.462. The molecule has 1 fully saturated rings. The number of fused-ring (bicyclic) bond motifs is 1. The molecule has 1 aliphatic rings. The van der Waals surface area contributed by atoms with Crippen LogP contribution >= 0.6 is 0 Å². The standard InChI is InChI=1S/C19H25N3O3/c1-19(2,3)25-18(24)22-9-7-21(8-10-22)13-14-11-15-5-4-6-16(23)17(15)20-12-14/h4-6,11-12,23H,7-10,13H2,1-3H3. The van der Waals surface area contributed by atoms with E-state index in [0.717, 1.165) is 30.6 Å². The lowest BCUT2D eigenvalue weighted by molar-refractivity contribution is 0.0139. The number of phenolic OH excluding ortho intramolecular Hbond substituents is 1. The van der Waals surface area contributed by atoms with Crippen LogP contribution in [0.15, 0.2) is 30.5 Å². The van der Waals surface area contributed by atoms with Gasteiger partial charge in [-0.3, -0.25) is 9.88 Å². The van der Waals surface area contributed by atoms with Crippen LogP contribution in [0.2, 0.25) is 0 Å². The molecule has 0 bridgehead atoms. The van der Waals surface area contributed by atoms with Crippen LogP contribution in [0.1, 0.15) is 26.3 Å². The first-order valence-electron chi connectivity index (χ1n) is 8.59. The smallest absolute Gasteiger partial charge is 0.410 e. The van der Waals surface area contributed by atoms with Crippen LogP contribution in [0.5, 0.6) is 5.75 Å². The molecule has 1 saturated heterocycles. The Hall–Kier alpha value is -2.34. The van der Waals surface area contributed by atoms with Gasteiger partial charge in [0.25, 0.3) is 0 Å². The van der Waals surface area contributed by atoms with E-state index in [-0.39, 0.29) is 11.8 Å². The van der Waals surface area contributed by atoms with Crippen LogP contribution in [0, 0.1) is 0 Å². The van der Waals surface area contributed by atoms with Crippen LogP contribution in [-0.4, -0.2) is 57.8 Å². The molecule has 1 N–H and O–H groups in total. The third-order valence-corrected chi connectivity index (χ3v) is 4.18. The number of hydrogen-bond acceptors (Lipinski definition) is 5. The minimum absolute atomic E-state index is 0.204. The number of phenols is 1. The normalized spacial score (nSPS) is 16.2. The lowest BCUT2D eigenvalue weighted by atomic mass is 10.1. The molecular weight excluding hydrogens is 318 g/mol. The quantitative estimate of drug-likeness (QED) is 0.908. The second kappa shape index (κ2) is 6.88. The summed E-state index contributed by atoms with van der Waals surface area (Å²) in [6.45, 7) is 9.35. The third-order valence-electron chi connectivity index (χ3n) is 4.18. The topological polar surface area (TPSA) is 65.9 Å². The molecule has 6 nitrogen and oxygen atoms in total. The highest BCUT2D eigenvalue weighted by Gasteiger charge is 2.25. The number of aromatic nitrogens is 1. The van der Waals surface area contributed by atoms with Gasteiger partial charge in [-0.25, -0.2) is 4.79 Å². The fourth-order valence-electron chi connectivity index (χ4n) is 2.95. The van der Waals surface area contributed by atoms with E-state index in [9.17, 15) is 9.90 Å². The number of amides is 1. The van der Waals surface area contributed by atoms with Crippen molar-refractivity contribution in [2.75, 3.05) is 26.2 Å².